The van der Waals surface area contributed by atoms with Crippen LogP contribution in [0.15, 0.2) is 0 Å². The molecule has 0 spiro atoms. The van der Waals surface area contributed by atoms with E-state index in [0.29, 0.717) is 24.1 Å². The maximum absolute atomic E-state index is 12.0. The van der Waals surface area contributed by atoms with Crippen LogP contribution in [0.3, 0.4) is 0 Å². The molecule has 0 radical (unpaired) electrons. The van der Waals surface area contributed by atoms with Gasteiger partial charge in [0, 0.05) is 10.9 Å². The van der Waals surface area contributed by atoms with Crippen molar-refractivity contribution in [3.8, 4) is 0 Å². The zero-order valence-corrected chi connectivity index (χ0v) is 13.7. The van der Waals surface area contributed by atoms with Gasteiger partial charge in [0.05, 0.1) is 11.4 Å². The third kappa shape index (κ3) is 4.71. The lowest BCUT2D eigenvalue weighted by molar-refractivity contribution is 0.571. The molecule has 0 bridgehead atoms. The molecule has 114 valence electrons. The number of nitrogens with zero attached hydrogens (tertiary/aromatic N) is 1. The highest BCUT2D eigenvalue weighted by atomic mass is 32.2. The van der Waals surface area contributed by atoms with E-state index in [0.717, 1.165) is 25.0 Å². The van der Waals surface area contributed by atoms with Gasteiger partial charge in [-0.05, 0) is 38.6 Å². The molecule has 0 atom stereocenters. The Morgan fingerprint density at radius 3 is 2.75 bits per heavy atom. The van der Waals surface area contributed by atoms with Gasteiger partial charge in [0.25, 0.3) is 0 Å². The van der Waals surface area contributed by atoms with Crippen molar-refractivity contribution in [3.63, 3.8) is 0 Å². The standard InChI is InChI=1S/C13H23N3O2S2/c1-10(2)14-8-5-9-20(17,18)16-13-15-11-6-3-4-7-12(11)19-13/h10,14H,3-9H2,1-2H3,(H,15,16). The van der Waals surface area contributed by atoms with Crippen LogP contribution in [0.5, 0.6) is 0 Å². The summed E-state index contributed by atoms with van der Waals surface area (Å²) in [5.41, 5.74) is 1.08. The van der Waals surface area contributed by atoms with Gasteiger partial charge in [-0.2, -0.15) is 0 Å². The molecule has 20 heavy (non-hydrogen) atoms. The van der Waals surface area contributed by atoms with Crippen LogP contribution in [-0.4, -0.2) is 31.7 Å². The number of aryl methyl sites for hydroxylation is 2. The van der Waals surface area contributed by atoms with Gasteiger partial charge < -0.3 is 5.32 Å². The van der Waals surface area contributed by atoms with Gasteiger partial charge >= 0.3 is 0 Å². The molecule has 1 aliphatic carbocycles. The summed E-state index contributed by atoms with van der Waals surface area (Å²) in [6.07, 6.45) is 4.96. The third-order valence-corrected chi connectivity index (χ3v) is 5.76. The lowest BCUT2D eigenvalue weighted by atomic mass is 10.0. The molecule has 1 aliphatic rings. The first kappa shape index (κ1) is 15.7. The van der Waals surface area contributed by atoms with Crippen molar-refractivity contribution < 1.29 is 8.42 Å². The summed E-state index contributed by atoms with van der Waals surface area (Å²) in [5.74, 6) is 0.136. The van der Waals surface area contributed by atoms with Crippen molar-refractivity contribution >= 4 is 26.5 Å². The molecule has 0 fully saturated rings. The first-order valence-electron chi connectivity index (χ1n) is 7.19. The maximum atomic E-state index is 12.0. The van der Waals surface area contributed by atoms with Crippen molar-refractivity contribution in [1.82, 2.24) is 10.3 Å². The van der Waals surface area contributed by atoms with E-state index in [-0.39, 0.29) is 5.75 Å². The summed E-state index contributed by atoms with van der Waals surface area (Å²) in [4.78, 5) is 5.65. The number of aromatic nitrogens is 1. The van der Waals surface area contributed by atoms with E-state index in [4.69, 9.17) is 0 Å². The minimum absolute atomic E-state index is 0.136. The molecule has 1 aromatic heterocycles. The van der Waals surface area contributed by atoms with Crippen LogP contribution < -0.4 is 10.0 Å². The molecule has 0 amide bonds. The molecule has 0 saturated carbocycles. The van der Waals surface area contributed by atoms with E-state index in [1.807, 2.05) is 13.8 Å². The zero-order valence-electron chi connectivity index (χ0n) is 12.1. The molecule has 1 aromatic rings. The largest absolute Gasteiger partial charge is 0.314 e. The maximum Gasteiger partial charge on any atom is 0.234 e. The van der Waals surface area contributed by atoms with Crippen LogP contribution in [0.25, 0.3) is 0 Å². The molecule has 2 rings (SSSR count). The summed E-state index contributed by atoms with van der Waals surface area (Å²) in [6.45, 7) is 4.81. The van der Waals surface area contributed by atoms with Crippen molar-refractivity contribution in [2.24, 2.45) is 0 Å². The van der Waals surface area contributed by atoms with Crippen molar-refractivity contribution in [3.05, 3.63) is 10.6 Å². The lowest BCUT2D eigenvalue weighted by Gasteiger charge is -2.08. The first-order chi connectivity index (χ1) is 9.46. The molecule has 7 heteroatoms. The number of fused-ring (bicyclic) bond motifs is 1. The zero-order chi connectivity index (χ0) is 14.6. The molecular formula is C13H23N3O2S2. The summed E-state index contributed by atoms with van der Waals surface area (Å²) in [7, 11) is -3.27. The average Bonchev–Trinajstić information content (AvgIpc) is 2.75. The van der Waals surface area contributed by atoms with E-state index in [2.05, 4.69) is 15.0 Å². The fraction of sp³-hybridized carbons (Fsp3) is 0.769. The average molecular weight is 317 g/mol. The second kappa shape index (κ2) is 6.87. The van der Waals surface area contributed by atoms with Crippen LogP contribution in [0.4, 0.5) is 5.13 Å². The third-order valence-electron chi connectivity index (χ3n) is 3.23. The van der Waals surface area contributed by atoms with Crippen LogP contribution in [0, 0.1) is 0 Å². The Hall–Kier alpha value is -0.660. The lowest BCUT2D eigenvalue weighted by Crippen LogP contribution is -2.26. The van der Waals surface area contributed by atoms with Crippen LogP contribution >= 0.6 is 11.3 Å². The minimum Gasteiger partial charge on any atom is -0.314 e. The number of thiazole rings is 1. The molecule has 0 aliphatic heterocycles. The first-order valence-corrected chi connectivity index (χ1v) is 9.65. The van der Waals surface area contributed by atoms with Gasteiger partial charge in [-0.1, -0.05) is 13.8 Å². The van der Waals surface area contributed by atoms with Gasteiger partial charge in [-0.25, -0.2) is 13.4 Å². The van der Waals surface area contributed by atoms with E-state index < -0.39 is 10.0 Å². The fourth-order valence-corrected chi connectivity index (χ4v) is 4.62. The Balaban J connectivity index is 1.86. The topological polar surface area (TPSA) is 71.1 Å². The van der Waals surface area contributed by atoms with Gasteiger partial charge in [-0.3, -0.25) is 4.72 Å². The number of hydrogen-bond donors (Lipinski definition) is 2. The minimum atomic E-state index is -3.27. The molecule has 0 unspecified atom stereocenters. The van der Waals surface area contributed by atoms with Gasteiger partial charge in [0.15, 0.2) is 5.13 Å². The quantitative estimate of drug-likeness (QED) is 0.756. The highest BCUT2D eigenvalue weighted by Gasteiger charge is 2.18. The van der Waals surface area contributed by atoms with Crippen LogP contribution in [-0.2, 0) is 22.9 Å². The molecule has 0 aromatic carbocycles. The van der Waals surface area contributed by atoms with Crippen LogP contribution in [0.2, 0.25) is 0 Å². The Bertz CT molecular complexity index is 514. The van der Waals surface area contributed by atoms with Gasteiger partial charge in [-0.15, -0.1) is 11.3 Å². The molecule has 1 heterocycles. The smallest absolute Gasteiger partial charge is 0.234 e. The fourth-order valence-electron chi connectivity index (χ4n) is 2.23. The second-order valence-electron chi connectivity index (χ2n) is 5.48. The SMILES string of the molecule is CC(C)NCCCS(=O)(=O)Nc1nc2c(s1)CCCC2. The summed E-state index contributed by atoms with van der Waals surface area (Å²) in [5, 5.41) is 3.75. The molecule has 5 nitrogen and oxygen atoms in total. The Morgan fingerprint density at radius 2 is 2.05 bits per heavy atom. The Labute approximate surface area is 125 Å². The van der Waals surface area contributed by atoms with E-state index >= 15 is 0 Å². The summed E-state index contributed by atoms with van der Waals surface area (Å²) in [6, 6.07) is 0.386. The number of sulfonamides is 1. The van der Waals surface area contributed by atoms with E-state index in [1.54, 1.807) is 0 Å². The predicted molar refractivity (Wildman–Crippen MR) is 83.9 cm³/mol. The van der Waals surface area contributed by atoms with E-state index in [9.17, 15) is 8.42 Å². The Morgan fingerprint density at radius 1 is 1.30 bits per heavy atom. The second-order valence-corrected chi connectivity index (χ2v) is 8.40. The molecule has 2 N–H and O–H groups in total. The highest BCUT2D eigenvalue weighted by molar-refractivity contribution is 7.92. The molecule has 0 saturated heterocycles. The summed E-state index contributed by atoms with van der Waals surface area (Å²) < 4.78 is 26.6. The molecular weight excluding hydrogens is 294 g/mol. The van der Waals surface area contributed by atoms with Gasteiger partial charge in [0.2, 0.25) is 10.0 Å². The number of hydrogen-bond acceptors (Lipinski definition) is 5. The summed E-state index contributed by atoms with van der Waals surface area (Å²) >= 11 is 1.49. The number of anilines is 1. The number of rotatable bonds is 7. The van der Waals surface area contributed by atoms with Crippen molar-refractivity contribution in [1.29, 1.82) is 0 Å². The predicted octanol–water partition coefficient (Wildman–Crippen LogP) is 2.15. The van der Waals surface area contributed by atoms with E-state index in [1.165, 1.54) is 22.6 Å². The van der Waals surface area contributed by atoms with Crippen molar-refractivity contribution in [2.75, 3.05) is 17.0 Å². The normalized spacial score (nSPS) is 15.3. The number of nitrogens with one attached hydrogen (secondary N) is 2. The highest BCUT2D eigenvalue weighted by Crippen LogP contribution is 2.29. The van der Waals surface area contributed by atoms with Gasteiger partial charge in [0.1, 0.15) is 0 Å². The van der Waals surface area contributed by atoms with Crippen LogP contribution in [0.1, 0.15) is 43.7 Å². The monoisotopic (exact) mass is 317 g/mol. The van der Waals surface area contributed by atoms with Crippen molar-refractivity contribution in [2.45, 2.75) is 52.0 Å². The Kier molecular flexibility index (Phi) is 5.40.